The monoisotopic (exact) mass is 436 g/mol. The maximum absolute atomic E-state index is 13.1. The molecule has 0 saturated carbocycles. The molecule has 0 spiro atoms. The fourth-order valence-electron chi connectivity index (χ4n) is 4.92. The number of benzene rings is 1. The molecule has 0 unspecified atom stereocenters. The van der Waals surface area contributed by atoms with E-state index in [1.54, 1.807) is 4.90 Å². The first kappa shape index (κ1) is 21.6. The second kappa shape index (κ2) is 8.16. The van der Waals surface area contributed by atoms with E-state index in [9.17, 15) is 22.8 Å². The zero-order valence-electron chi connectivity index (χ0n) is 17.7. The van der Waals surface area contributed by atoms with Gasteiger partial charge in [0.1, 0.15) is 11.9 Å². The Kier molecular flexibility index (Phi) is 5.70. The number of rotatable bonds is 3. The Morgan fingerprint density at radius 3 is 2.52 bits per heavy atom. The third kappa shape index (κ3) is 4.02. The van der Waals surface area contributed by atoms with Gasteiger partial charge >= 0.3 is 12.1 Å². The number of hydrogen-bond acceptors (Lipinski definition) is 3. The molecule has 0 radical (unpaired) electrons. The standard InChI is InChI=1S/C22H27F3N4O2/c1-14(2)29-17-9-4-3-8-16(17)26-19(29)15-7-5-11-27(13-15)20(30)18-10-6-12-28(18)21(31)22(23,24)25/h3-4,8-9,14-15,18H,5-7,10-13H2,1-2H3/t15-,18+/m0/s1. The molecule has 2 aliphatic heterocycles. The molecule has 9 heteroatoms. The summed E-state index contributed by atoms with van der Waals surface area (Å²) in [7, 11) is 0. The van der Waals surface area contributed by atoms with Gasteiger partial charge in [0.15, 0.2) is 0 Å². The molecule has 168 valence electrons. The molecule has 31 heavy (non-hydrogen) atoms. The van der Waals surface area contributed by atoms with Crippen LogP contribution in [0.25, 0.3) is 11.0 Å². The highest BCUT2D eigenvalue weighted by Crippen LogP contribution is 2.33. The summed E-state index contributed by atoms with van der Waals surface area (Å²) in [6.07, 6.45) is -2.69. The summed E-state index contributed by atoms with van der Waals surface area (Å²) in [5, 5.41) is 0. The highest BCUT2D eigenvalue weighted by Gasteiger charge is 2.48. The van der Waals surface area contributed by atoms with Gasteiger partial charge in [0.05, 0.1) is 11.0 Å². The second-order valence-corrected chi connectivity index (χ2v) is 8.70. The van der Waals surface area contributed by atoms with Gasteiger partial charge in [0.2, 0.25) is 5.91 Å². The molecule has 2 saturated heterocycles. The van der Waals surface area contributed by atoms with Crippen molar-refractivity contribution in [3.8, 4) is 0 Å². The summed E-state index contributed by atoms with van der Waals surface area (Å²) < 4.78 is 41.1. The van der Waals surface area contributed by atoms with Gasteiger partial charge in [-0.25, -0.2) is 4.98 Å². The predicted octanol–water partition coefficient (Wildman–Crippen LogP) is 3.88. The number of carbonyl (C=O) groups is 2. The van der Waals surface area contributed by atoms with Crippen LogP contribution in [0.15, 0.2) is 24.3 Å². The van der Waals surface area contributed by atoms with Crippen molar-refractivity contribution in [3.05, 3.63) is 30.1 Å². The minimum absolute atomic E-state index is 0.000621. The van der Waals surface area contributed by atoms with Gasteiger partial charge in [-0.3, -0.25) is 9.59 Å². The number of piperidine rings is 1. The molecule has 0 aliphatic carbocycles. The summed E-state index contributed by atoms with van der Waals surface area (Å²) in [6, 6.07) is 7.04. The van der Waals surface area contributed by atoms with Crippen LogP contribution in [-0.4, -0.2) is 63.0 Å². The minimum atomic E-state index is -4.96. The Balaban J connectivity index is 1.57. The Hall–Kier alpha value is -2.58. The van der Waals surface area contributed by atoms with Crippen molar-refractivity contribution in [3.63, 3.8) is 0 Å². The third-order valence-corrected chi connectivity index (χ3v) is 6.28. The maximum atomic E-state index is 13.1. The van der Waals surface area contributed by atoms with Crippen LogP contribution in [0, 0.1) is 0 Å². The Morgan fingerprint density at radius 1 is 1.10 bits per heavy atom. The molecule has 6 nitrogen and oxygen atoms in total. The van der Waals surface area contributed by atoms with E-state index in [4.69, 9.17) is 4.98 Å². The average Bonchev–Trinajstić information content (AvgIpc) is 3.37. The Labute approximate surface area is 179 Å². The number of para-hydroxylation sites is 2. The van der Waals surface area contributed by atoms with Gasteiger partial charge in [-0.2, -0.15) is 13.2 Å². The molecule has 1 aromatic carbocycles. The minimum Gasteiger partial charge on any atom is -0.340 e. The predicted molar refractivity (Wildman–Crippen MR) is 109 cm³/mol. The molecule has 0 N–H and O–H groups in total. The molecule has 2 atom stereocenters. The zero-order chi connectivity index (χ0) is 22.3. The van der Waals surface area contributed by atoms with Gasteiger partial charge in [-0.15, -0.1) is 0 Å². The SMILES string of the molecule is CC(C)n1c([C@H]2CCCN(C(=O)[C@H]3CCCN3C(=O)C(F)(F)F)C2)nc2ccccc21. The number of carbonyl (C=O) groups excluding carboxylic acids is 2. The normalized spacial score (nSPS) is 22.5. The van der Waals surface area contributed by atoms with Crippen molar-refractivity contribution < 1.29 is 22.8 Å². The first-order valence-corrected chi connectivity index (χ1v) is 10.8. The first-order valence-electron chi connectivity index (χ1n) is 10.8. The number of nitrogens with zero attached hydrogens (tertiary/aromatic N) is 4. The van der Waals surface area contributed by atoms with E-state index < -0.39 is 18.1 Å². The second-order valence-electron chi connectivity index (χ2n) is 8.70. The number of fused-ring (bicyclic) bond motifs is 1. The average molecular weight is 436 g/mol. The van der Waals surface area contributed by atoms with E-state index in [0.717, 1.165) is 29.7 Å². The number of likely N-dealkylation sites (tertiary alicyclic amines) is 2. The molecular weight excluding hydrogens is 409 g/mol. The molecule has 1 aromatic heterocycles. The number of amides is 2. The van der Waals surface area contributed by atoms with Crippen molar-refractivity contribution in [1.29, 1.82) is 0 Å². The lowest BCUT2D eigenvalue weighted by molar-refractivity contribution is -0.187. The molecule has 2 aliphatic rings. The van der Waals surface area contributed by atoms with Crippen molar-refractivity contribution in [2.24, 2.45) is 0 Å². The van der Waals surface area contributed by atoms with Crippen LogP contribution in [0.3, 0.4) is 0 Å². The lowest BCUT2D eigenvalue weighted by atomic mass is 9.96. The number of alkyl halides is 3. The lowest BCUT2D eigenvalue weighted by Gasteiger charge is -2.36. The fourth-order valence-corrected chi connectivity index (χ4v) is 4.92. The number of aromatic nitrogens is 2. The van der Waals surface area contributed by atoms with Crippen LogP contribution in [0.2, 0.25) is 0 Å². The number of imidazole rings is 1. The van der Waals surface area contributed by atoms with Crippen LogP contribution in [-0.2, 0) is 9.59 Å². The van der Waals surface area contributed by atoms with Gasteiger partial charge in [0, 0.05) is 31.6 Å². The van der Waals surface area contributed by atoms with Crippen LogP contribution in [0.1, 0.15) is 57.3 Å². The summed E-state index contributed by atoms with van der Waals surface area (Å²) >= 11 is 0. The fraction of sp³-hybridized carbons (Fsp3) is 0.591. The van der Waals surface area contributed by atoms with Crippen LogP contribution in [0.4, 0.5) is 13.2 Å². The van der Waals surface area contributed by atoms with Gasteiger partial charge in [0.25, 0.3) is 0 Å². The smallest absolute Gasteiger partial charge is 0.340 e. The molecule has 3 heterocycles. The molecule has 2 fully saturated rings. The van der Waals surface area contributed by atoms with E-state index in [-0.39, 0.29) is 30.8 Å². The van der Waals surface area contributed by atoms with Crippen molar-refractivity contribution in [2.45, 2.75) is 63.7 Å². The van der Waals surface area contributed by atoms with Gasteiger partial charge in [-0.05, 0) is 51.7 Å². The number of halogens is 3. The van der Waals surface area contributed by atoms with Crippen molar-refractivity contribution in [2.75, 3.05) is 19.6 Å². The summed E-state index contributed by atoms with van der Waals surface area (Å²) in [4.78, 5) is 32.1. The third-order valence-electron chi connectivity index (χ3n) is 6.28. The summed E-state index contributed by atoms with van der Waals surface area (Å²) in [6.45, 7) is 5.03. The Bertz CT molecular complexity index is 985. The van der Waals surface area contributed by atoms with Crippen LogP contribution >= 0.6 is 0 Å². The van der Waals surface area contributed by atoms with E-state index >= 15 is 0 Å². The highest BCUT2D eigenvalue weighted by atomic mass is 19.4. The van der Waals surface area contributed by atoms with Crippen molar-refractivity contribution >= 4 is 22.8 Å². The van der Waals surface area contributed by atoms with Crippen LogP contribution in [0.5, 0.6) is 0 Å². The number of hydrogen-bond donors (Lipinski definition) is 0. The molecule has 0 bridgehead atoms. The van der Waals surface area contributed by atoms with E-state index in [2.05, 4.69) is 18.4 Å². The Morgan fingerprint density at radius 2 is 1.81 bits per heavy atom. The maximum Gasteiger partial charge on any atom is 0.471 e. The highest BCUT2D eigenvalue weighted by molar-refractivity contribution is 5.90. The quantitative estimate of drug-likeness (QED) is 0.734. The van der Waals surface area contributed by atoms with Gasteiger partial charge in [-0.1, -0.05) is 12.1 Å². The topological polar surface area (TPSA) is 58.4 Å². The van der Waals surface area contributed by atoms with E-state index in [1.165, 1.54) is 0 Å². The zero-order valence-corrected chi connectivity index (χ0v) is 17.7. The summed E-state index contributed by atoms with van der Waals surface area (Å²) in [5.74, 6) is -1.39. The van der Waals surface area contributed by atoms with Crippen molar-refractivity contribution in [1.82, 2.24) is 19.4 Å². The molecule has 4 rings (SSSR count). The summed E-state index contributed by atoms with van der Waals surface area (Å²) in [5.41, 5.74) is 1.93. The molecule has 2 amide bonds. The lowest BCUT2D eigenvalue weighted by Crippen LogP contribution is -2.53. The first-order chi connectivity index (χ1) is 14.7. The van der Waals surface area contributed by atoms with E-state index in [1.807, 2.05) is 24.3 Å². The molecule has 2 aromatic rings. The molecular formula is C22H27F3N4O2. The van der Waals surface area contributed by atoms with Crippen LogP contribution < -0.4 is 0 Å². The largest absolute Gasteiger partial charge is 0.471 e. The van der Waals surface area contributed by atoms with Gasteiger partial charge < -0.3 is 14.4 Å². The van der Waals surface area contributed by atoms with E-state index in [0.29, 0.717) is 24.4 Å².